The number of carbonyl (C=O) groups is 1. The second kappa shape index (κ2) is 5.17. The summed E-state index contributed by atoms with van der Waals surface area (Å²) in [5, 5.41) is 6.16. The Labute approximate surface area is 112 Å². The van der Waals surface area contributed by atoms with E-state index >= 15 is 0 Å². The molecule has 2 amide bonds. The van der Waals surface area contributed by atoms with Crippen molar-refractivity contribution in [2.24, 2.45) is 5.92 Å². The van der Waals surface area contributed by atoms with Crippen molar-refractivity contribution < 1.29 is 9.18 Å². The third-order valence-electron chi connectivity index (χ3n) is 3.91. The van der Waals surface area contributed by atoms with Crippen LogP contribution in [0.3, 0.4) is 0 Å². The number of urea groups is 1. The summed E-state index contributed by atoms with van der Waals surface area (Å²) in [4.78, 5) is 13.7. The van der Waals surface area contributed by atoms with Crippen molar-refractivity contribution in [1.82, 2.24) is 15.5 Å². The molecule has 2 aliphatic rings. The minimum absolute atomic E-state index is 0.0832. The predicted octanol–water partition coefficient (Wildman–Crippen LogP) is 1.50. The zero-order valence-electron chi connectivity index (χ0n) is 10.7. The number of rotatable bonds is 3. The average Bonchev–Trinajstić information content (AvgIpc) is 3.02. The molecular weight excluding hydrogens is 245 g/mol. The summed E-state index contributed by atoms with van der Waals surface area (Å²) in [5.74, 6) is 0.266. The molecule has 102 valence electrons. The Hall–Kier alpha value is -1.62. The molecule has 2 saturated heterocycles. The molecule has 1 aromatic carbocycles. The molecule has 19 heavy (non-hydrogen) atoms. The number of nitrogens with zero attached hydrogens (tertiary/aromatic N) is 1. The van der Waals surface area contributed by atoms with E-state index in [1.54, 1.807) is 23.1 Å². The molecular formula is C14H18FN3O. The molecule has 2 heterocycles. The van der Waals surface area contributed by atoms with Gasteiger partial charge in [0.05, 0.1) is 6.04 Å². The van der Waals surface area contributed by atoms with E-state index in [0.29, 0.717) is 18.0 Å². The maximum absolute atomic E-state index is 13.7. The first-order chi connectivity index (χ1) is 9.24. The van der Waals surface area contributed by atoms with Gasteiger partial charge >= 0.3 is 6.03 Å². The Balaban J connectivity index is 1.67. The van der Waals surface area contributed by atoms with Crippen molar-refractivity contribution in [3.8, 4) is 0 Å². The quantitative estimate of drug-likeness (QED) is 0.868. The van der Waals surface area contributed by atoms with Crippen molar-refractivity contribution in [2.75, 3.05) is 26.2 Å². The molecule has 2 atom stereocenters. The fourth-order valence-electron chi connectivity index (χ4n) is 2.86. The average molecular weight is 263 g/mol. The second-order valence-corrected chi connectivity index (χ2v) is 5.29. The lowest BCUT2D eigenvalue weighted by molar-refractivity contribution is 0.210. The summed E-state index contributed by atoms with van der Waals surface area (Å²) in [5.41, 5.74) is 0.572. The molecule has 1 aromatic rings. The molecule has 2 fully saturated rings. The van der Waals surface area contributed by atoms with Crippen LogP contribution in [-0.4, -0.2) is 37.1 Å². The van der Waals surface area contributed by atoms with E-state index in [9.17, 15) is 9.18 Å². The van der Waals surface area contributed by atoms with Crippen LogP contribution in [0.5, 0.6) is 0 Å². The van der Waals surface area contributed by atoms with Gasteiger partial charge in [-0.1, -0.05) is 18.2 Å². The summed E-state index contributed by atoms with van der Waals surface area (Å²) in [7, 11) is 0. The van der Waals surface area contributed by atoms with Crippen LogP contribution >= 0.6 is 0 Å². The zero-order chi connectivity index (χ0) is 13.2. The standard InChI is InChI=1S/C14H18FN3O/c15-12-4-2-1-3-11(12)13-9-18(14(19)17-13)8-10-5-6-16-7-10/h1-4,10,13,16H,5-9H2,(H,17,19). The number of carbonyl (C=O) groups excluding carboxylic acids is 1. The summed E-state index contributed by atoms with van der Waals surface area (Å²) in [6, 6.07) is 6.32. The number of nitrogens with one attached hydrogen (secondary N) is 2. The van der Waals surface area contributed by atoms with E-state index in [0.717, 1.165) is 26.1 Å². The van der Waals surface area contributed by atoms with Crippen LogP contribution < -0.4 is 10.6 Å². The van der Waals surface area contributed by atoms with Gasteiger partial charge < -0.3 is 15.5 Å². The molecule has 2 unspecified atom stereocenters. The number of halogens is 1. The van der Waals surface area contributed by atoms with Gasteiger partial charge in [0.15, 0.2) is 0 Å². The molecule has 0 aromatic heterocycles. The topological polar surface area (TPSA) is 44.4 Å². The summed E-state index contributed by atoms with van der Waals surface area (Å²) < 4.78 is 13.7. The number of hydrogen-bond acceptors (Lipinski definition) is 2. The molecule has 3 rings (SSSR count). The molecule has 4 nitrogen and oxygen atoms in total. The van der Waals surface area contributed by atoms with Crippen molar-refractivity contribution in [2.45, 2.75) is 12.5 Å². The highest BCUT2D eigenvalue weighted by atomic mass is 19.1. The van der Waals surface area contributed by atoms with Crippen molar-refractivity contribution in [3.05, 3.63) is 35.6 Å². The molecule has 0 spiro atoms. The highest BCUT2D eigenvalue weighted by molar-refractivity contribution is 5.77. The fraction of sp³-hybridized carbons (Fsp3) is 0.500. The van der Waals surface area contributed by atoms with E-state index in [-0.39, 0.29) is 17.9 Å². The smallest absolute Gasteiger partial charge is 0.318 e. The SMILES string of the molecule is O=C1NC(c2ccccc2F)CN1CC1CCNC1. The molecule has 0 aliphatic carbocycles. The molecule has 0 radical (unpaired) electrons. The lowest BCUT2D eigenvalue weighted by Crippen LogP contribution is -2.33. The van der Waals surface area contributed by atoms with Gasteiger partial charge in [0, 0.05) is 18.7 Å². The number of amides is 2. The van der Waals surface area contributed by atoms with E-state index in [1.165, 1.54) is 6.07 Å². The van der Waals surface area contributed by atoms with Gasteiger partial charge in [-0.2, -0.15) is 0 Å². The fourth-order valence-corrected chi connectivity index (χ4v) is 2.86. The number of benzene rings is 1. The minimum atomic E-state index is -0.253. The number of hydrogen-bond donors (Lipinski definition) is 2. The van der Waals surface area contributed by atoms with Crippen LogP contribution in [0.25, 0.3) is 0 Å². The van der Waals surface area contributed by atoms with Gasteiger partial charge in [0.1, 0.15) is 5.82 Å². The Bertz CT molecular complexity index is 474. The molecule has 0 bridgehead atoms. The highest BCUT2D eigenvalue weighted by Gasteiger charge is 2.32. The van der Waals surface area contributed by atoms with Crippen molar-refractivity contribution in [1.29, 1.82) is 0 Å². The molecule has 0 saturated carbocycles. The predicted molar refractivity (Wildman–Crippen MR) is 70.2 cm³/mol. The minimum Gasteiger partial charge on any atom is -0.329 e. The normalized spacial score (nSPS) is 26.8. The summed E-state index contributed by atoms with van der Waals surface area (Å²) in [6.07, 6.45) is 1.11. The summed E-state index contributed by atoms with van der Waals surface area (Å²) >= 11 is 0. The zero-order valence-corrected chi connectivity index (χ0v) is 10.7. The third kappa shape index (κ3) is 2.56. The summed E-state index contributed by atoms with van der Waals surface area (Å²) in [6.45, 7) is 3.30. The lowest BCUT2D eigenvalue weighted by Gasteiger charge is -2.18. The third-order valence-corrected chi connectivity index (χ3v) is 3.91. The first kappa shape index (κ1) is 12.4. The van der Waals surface area contributed by atoms with Gasteiger partial charge in [-0.15, -0.1) is 0 Å². The van der Waals surface area contributed by atoms with Crippen molar-refractivity contribution in [3.63, 3.8) is 0 Å². The van der Waals surface area contributed by atoms with Crippen LogP contribution in [0, 0.1) is 11.7 Å². The van der Waals surface area contributed by atoms with E-state index in [4.69, 9.17) is 0 Å². The van der Waals surface area contributed by atoms with Gasteiger partial charge in [-0.3, -0.25) is 0 Å². The lowest BCUT2D eigenvalue weighted by atomic mass is 10.1. The van der Waals surface area contributed by atoms with E-state index in [1.807, 2.05) is 0 Å². The Morgan fingerprint density at radius 1 is 1.37 bits per heavy atom. The van der Waals surface area contributed by atoms with Crippen LogP contribution in [0.15, 0.2) is 24.3 Å². The monoisotopic (exact) mass is 263 g/mol. The molecule has 2 aliphatic heterocycles. The van der Waals surface area contributed by atoms with Crippen LogP contribution in [0.2, 0.25) is 0 Å². The molecule has 2 N–H and O–H groups in total. The van der Waals surface area contributed by atoms with Crippen molar-refractivity contribution >= 4 is 6.03 Å². The van der Waals surface area contributed by atoms with Gasteiger partial charge in [0.2, 0.25) is 0 Å². The first-order valence-electron chi connectivity index (χ1n) is 6.74. The Kier molecular flexibility index (Phi) is 3.38. The Morgan fingerprint density at radius 3 is 2.95 bits per heavy atom. The Morgan fingerprint density at radius 2 is 2.21 bits per heavy atom. The van der Waals surface area contributed by atoms with E-state index < -0.39 is 0 Å². The highest BCUT2D eigenvalue weighted by Crippen LogP contribution is 2.24. The molecule has 5 heteroatoms. The van der Waals surface area contributed by atoms with Gasteiger partial charge in [-0.05, 0) is 31.5 Å². The second-order valence-electron chi connectivity index (χ2n) is 5.29. The van der Waals surface area contributed by atoms with Crippen LogP contribution in [-0.2, 0) is 0 Å². The van der Waals surface area contributed by atoms with Crippen LogP contribution in [0.1, 0.15) is 18.0 Å². The van der Waals surface area contributed by atoms with Crippen LogP contribution in [0.4, 0.5) is 9.18 Å². The maximum atomic E-state index is 13.7. The van der Waals surface area contributed by atoms with Gasteiger partial charge in [0.25, 0.3) is 0 Å². The first-order valence-corrected chi connectivity index (χ1v) is 6.74. The van der Waals surface area contributed by atoms with Gasteiger partial charge in [-0.25, -0.2) is 9.18 Å². The largest absolute Gasteiger partial charge is 0.329 e. The van der Waals surface area contributed by atoms with E-state index in [2.05, 4.69) is 10.6 Å². The maximum Gasteiger partial charge on any atom is 0.318 e.